The van der Waals surface area contributed by atoms with Crippen molar-refractivity contribution in [3.8, 4) is 0 Å². The Morgan fingerprint density at radius 3 is 2.26 bits per heavy atom. The van der Waals surface area contributed by atoms with E-state index in [0.717, 1.165) is 24.9 Å². The molecule has 31 heavy (non-hydrogen) atoms. The van der Waals surface area contributed by atoms with Crippen molar-refractivity contribution in [1.82, 2.24) is 9.80 Å². The van der Waals surface area contributed by atoms with Crippen LogP contribution in [0.5, 0.6) is 0 Å². The molecule has 1 aromatic rings. The molecule has 1 fully saturated rings. The summed E-state index contributed by atoms with van der Waals surface area (Å²) in [7, 11) is 0. The summed E-state index contributed by atoms with van der Waals surface area (Å²) >= 11 is 0. The summed E-state index contributed by atoms with van der Waals surface area (Å²) in [5.41, 5.74) is 9.37. The lowest BCUT2D eigenvalue weighted by Gasteiger charge is -2.35. The maximum atomic E-state index is 12.4. The number of aliphatic imine (C=N–C) groups is 1. The highest BCUT2D eigenvalue weighted by Gasteiger charge is 2.23. The zero-order chi connectivity index (χ0) is 22.8. The number of amides is 2. The van der Waals surface area contributed by atoms with Crippen LogP contribution < -0.4 is 11.1 Å². The number of nitrogens with two attached hydrogens (primary N) is 1. The van der Waals surface area contributed by atoms with Crippen LogP contribution >= 0.6 is 0 Å². The van der Waals surface area contributed by atoms with Crippen molar-refractivity contribution in [2.75, 3.05) is 38.0 Å². The van der Waals surface area contributed by atoms with Crippen molar-refractivity contribution in [2.24, 2.45) is 16.6 Å². The van der Waals surface area contributed by atoms with E-state index in [-0.39, 0.29) is 11.8 Å². The molecule has 2 rings (SSSR count). The average molecular weight is 430 g/mol. The minimum Gasteiger partial charge on any atom is -0.370 e. The van der Waals surface area contributed by atoms with Gasteiger partial charge in [0.05, 0.1) is 0 Å². The first-order valence-corrected chi connectivity index (χ1v) is 11.5. The van der Waals surface area contributed by atoms with E-state index in [1.807, 2.05) is 15.9 Å². The molecule has 1 aliphatic rings. The summed E-state index contributed by atoms with van der Waals surface area (Å²) in [6.45, 7) is 11.5. The Hall–Kier alpha value is -2.57. The molecule has 0 aromatic heterocycles. The molecule has 7 heteroatoms. The fraction of sp³-hybridized carbons (Fsp3) is 0.625. The van der Waals surface area contributed by atoms with Crippen molar-refractivity contribution in [1.29, 1.82) is 0 Å². The van der Waals surface area contributed by atoms with E-state index in [1.165, 1.54) is 11.1 Å². The van der Waals surface area contributed by atoms with E-state index >= 15 is 0 Å². The van der Waals surface area contributed by atoms with Gasteiger partial charge < -0.3 is 20.9 Å². The molecule has 2 amide bonds. The second-order valence-electron chi connectivity index (χ2n) is 8.86. The van der Waals surface area contributed by atoms with Gasteiger partial charge >= 0.3 is 0 Å². The molecule has 0 unspecified atom stereocenters. The standard InChI is InChI=1S/C24H39N5O2/c1-18(2)16-23(31)29-14-12-28(13-15-29)22(30)8-6-5-7-11-26-24(25)27-21-10-9-19(3)20(4)17-21/h9-10,17-18H,5-8,11-16H2,1-4H3,(H3,25,26,27). The predicted molar refractivity (Wildman–Crippen MR) is 127 cm³/mol. The monoisotopic (exact) mass is 429 g/mol. The predicted octanol–water partition coefficient (Wildman–Crippen LogP) is 3.31. The highest BCUT2D eigenvalue weighted by atomic mass is 16.2. The largest absolute Gasteiger partial charge is 0.370 e. The van der Waals surface area contributed by atoms with E-state index in [2.05, 4.69) is 50.1 Å². The number of hydrogen-bond acceptors (Lipinski definition) is 3. The lowest BCUT2D eigenvalue weighted by Crippen LogP contribution is -2.50. The molecule has 1 aliphatic heterocycles. The molecular formula is C24H39N5O2. The van der Waals surface area contributed by atoms with Crippen molar-refractivity contribution >= 4 is 23.5 Å². The Morgan fingerprint density at radius 1 is 1.00 bits per heavy atom. The van der Waals surface area contributed by atoms with Crippen molar-refractivity contribution < 1.29 is 9.59 Å². The fourth-order valence-corrected chi connectivity index (χ4v) is 3.61. The van der Waals surface area contributed by atoms with Gasteiger partial charge in [-0.05, 0) is 55.9 Å². The number of nitrogens with zero attached hydrogens (tertiary/aromatic N) is 3. The Balaban J connectivity index is 1.59. The lowest BCUT2D eigenvalue weighted by atomic mass is 10.1. The van der Waals surface area contributed by atoms with Gasteiger partial charge in [-0.2, -0.15) is 0 Å². The van der Waals surface area contributed by atoms with Crippen LogP contribution in [0.3, 0.4) is 0 Å². The minimum atomic E-state index is 0.190. The molecule has 7 nitrogen and oxygen atoms in total. The second kappa shape index (κ2) is 12.3. The van der Waals surface area contributed by atoms with E-state index in [9.17, 15) is 9.59 Å². The van der Waals surface area contributed by atoms with E-state index in [4.69, 9.17) is 5.73 Å². The number of piperazine rings is 1. The number of carbonyl (C=O) groups is 2. The highest BCUT2D eigenvalue weighted by Crippen LogP contribution is 2.14. The second-order valence-corrected chi connectivity index (χ2v) is 8.86. The van der Waals surface area contributed by atoms with Crippen LogP contribution in [0.1, 0.15) is 57.1 Å². The zero-order valence-electron chi connectivity index (χ0n) is 19.6. The van der Waals surface area contributed by atoms with Gasteiger partial charge in [-0.25, -0.2) is 0 Å². The maximum Gasteiger partial charge on any atom is 0.222 e. The molecule has 1 saturated heterocycles. The third kappa shape index (κ3) is 8.59. The van der Waals surface area contributed by atoms with Gasteiger partial charge in [-0.15, -0.1) is 0 Å². The van der Waals surface area contributed by atoms with Crippen LogP contribution in [0.2, 0.25) is 0 Å². The number of rotatable bonds is 9. The molecule has 0 saturated carbocycles. The summed E-state index contributed by atoms with van der Waals surface area (Å²) in [6, 6.07) is 6.12. The maximum absolute atomic E-state index is 12.4. The summed E-state index contributed by atoms with van der Waals surface area (Å²) in [5.74, 6) is 1.18. The summed E-state index contributed by atoms with van der Waals surface area (Å²) in [4.78, 5) is 32.7. The zero-order valence-corrected chi connectivity index (χ0v) is 19.6. The summed E-state index contributed by atoms with van der Waals surface area (Å²) in [6.07, 6.45) is 3.84. The number of benzene rings is 1. The number of hydrogen-bond donors (Lipinski definition) is 2. The van der Waals surface area contributed by atoms with Gasteiger partial charge in [-0.3, -0.25) is 14.6 Å². The fourth-order valence-electron chi connectivity index (χ4n) is 3.61. The van der Waals surface area contributed by atoms with Crippen LogP contribution in [-0.4, -0.2) is 60.3 Å². The van der Waals surface area contributed by atoms with Gasteiger partial charge in [0.2, 0.25) is 11.8 Å². The number of anilines is 1. The highest BCUT2D eigenvalue weighted by molar-refractivity contribution is 5.92. The quantitative estimate of drug-likeness (QED) is 0.358. The molecule has 3 N–H and O–H groups in total. The van der Waals surface area contributed by atoms with Gasteiger partial charge in [0, 0.05) is 51.3 Å². The Morgan fingerprint density at radius 2 is 1.65 bits per heavy atom. The first kappa shape index (κ1) is 24.7. The molecule has 172 valence electrons. The number of carbonyl (C=O) groups excluding carboxylic acids is 2. The van der Waals surface area contributed by atoms with Crippen molar-refractivity contribution in [3.05, 3.63) is 29.3 Å². The topological polar surface area (TPSA) is 91.0 Å². The first-order chi connectivity index (χ1) is 14.8. The summed E-state index contributed by atoms with van der Waals surface area (Å²) < 4.78 is 0. The van der Waals surface area contributed by atoms with Crippen LogP contribution in [0.15, 0.2) is 23.2 Å². The molecule has 0 spiro atoms. The normalized spacial score (nSPS) is 14.8. The van der Waals surface area contributed by atoms with Crippen molar-refractivity contribution in [2.45, 2.75) is 59.8 Å². The van der Waals surface area contributed by atoms with Crippen LogP contribution in [-0.2, 0) is 9.59 Å². The number of nitrogens with one attached hydrogen (secondary N) is 1. The molecule has 1 aromatic carbocycles. The third-order valence-corrected chi connectivity index (χ3v) is 5.68. The van der Waals surface area contributed by atoms with Crippen LogP contribution in [0.25, 0.3) is 0 Å². The van der Waals surface area contributed by atoms with E-state index in [1.54, 1.807) is 0 Å². The first-order valence-electron chi connectivity index (χ1n) is 11.5. The Kier molecular flexibility index (Phi) is 9.82. The number of unbranched alkanes of at least 4 members (excludes halogenated alkanes) is 2. The molecule has 0 bridgehead atoms. The number of aryl methyl sites for hydroxylation is 2. The van der Waals surface area contributed by atoms with Crippen molar-refractivity contribution in [3.63, 3.8) is 0 Å². The Labute approximate surface area is 187 Å². The van der Waals surface area contributed by atoms with Gasteiger partial charge in [0.1, 0.15) is 0 Å². The molecule has 0 atom stereocenters. The molecular weight excluding hydrogens is 390 g/mol. The summed E-state index contributed by atoms with van der Waals surface area (Å²) in [5, 5.41) is 3.12. The average Bonchev–Trinajstić information content (AvgIpc) is 2.72. The Bertz CT molecular complexity index is 767. The molecule has 0 aliphatic carbocycles. The van der Waals surface area contributed by atoms with Gasteiger partial charge in [0.25, 0.3) is 0 Å². The van der Waals surface area contributed by atoms with Crippen LogP contribution in [0.4, 0.5) is 5.69 Å². The number of guanidine groups is 1. The molecule has 1 heterocycles. The molecule has 0 radical (unpaired) electrons. The van der Waals surface area contributed by atoms with Crippen LogP contribution in [0, 0.1) is 19.8 Å². The van der Waals surface area contributed by atoms with E-state index in [0.29, 0.717) is 57.4 Å². The third-order valence-electron chi connectivity index (χ3n) is 5.68. The van der Waals surface area contributed by atoms with E-state index < -0.39 is 0 Å². The van der Waals surface area contributed by atoms with Gasteiger partial charge in [0.15, 0.2) is 5.96 Å². The minimum absolute atomic E-state index is 0.190. The SMILES string of the molecule is Cc1ccc(NC(N)=NCCCCCC(=O)N2CCN(C(=O)CC(C)C)CC2)cc1C. The van der Waals surface area contributed by atoms with Gasteiger partial charge in [-0.1, -0.05) is 26.3 Å². The smallest absolute Gasteiger partial charge is 0.222 e. The lowest BCUT2D eigenvalue weighted by molar-refractivity contribution is -0.140.